The average molecular weight is 397 g/mol. The number of rotatable bonds is 2. The van der Waals surface area contributed by atoms with Crippen LogP contribution in [0.4, 0.5) is 0 Å². The topological polar surface area (TPSA) is 40.6 Å². The lowest BCUT2D eigenvalue weighted by molar-refractivity contribution is -0.130. The molecule has 5 heteroatoms. The minimum Gasteiger partial charge on any atom is -0.338 e. The third-order valence-corrected chi connectivity index (χ3v) is 6.69. The molecule has 4 nitrogen and oxygen atoms in total. The van der Waals surface area contributed by atoms with Gasteiger partial charge in [-0.3, -0.25) is 9.59 Å². The second-order valence-corrected chi connectivity index (χ2v) is 8.48. The van der Waals surface area contributed by atoms with Gasteiger partial charge in [-0.25, -0.2) is 0 Å². The number of benzene rings is 2. The van der Waals surface area contributed by atoms with Gasteiger partial charge < -0.3 is 9.80 Å². The quantitative estimate of drug-likeness (QED) is 0.761. The smallest absolute Gasteiger partial charge is 0.253 e. The van der Waals surface area contributed by atoms with Crippen molar-refractivity contribution in [3.63, 3.8) is 0 Å². The first kappa shape index (κ1) is 19.0. The fourth-order valence-corrected chi connectivity index (χ4v) is 4.94. The lowest BCUT2D eigenvalue weighted by atomic mass is 9.87. The molecule has 0 radical (unpaired) electrons. The van der Waals surface area contributed by atoms with Crippen LogP contribution in [-0.4, -0.2) is 41.2 Å². The van der Waals surface area contributed by atoms with Crippen LogP contribution in [0.3, 0.4) is 0 Å². The Labute approximate surface area is 171 Å². The second kappa shape index (κ2) is 7.25. The number of fused-ring (bicyclic) bond motifs is 1. The van der Waals surface area contributed by atoms with Gasteiger partial charge in [0, 0.05) is 49.0 Å². The van der Waals surface area contributed by atoms with Gasteiger partial charge in [0.2, 0.25) is 5.91 Å². The molecule has 2 amide bonds. The Morgan fingerprint density at radius 2 is 1.75 bits per heavy atom. The number of halogens is 1. The first-order valence-corrected chi connectivity index (χ1v) is 10.1. The fourth-order valence-electron chi connectivity index (χ4n) is 4.76. The van der Waals surface area contributed by atoms with Gasteiger partial charge in [0.05, 0.1) is 6.04 Å². The molecule has 2 heterocycles. The molecule has 4 rings (SSSR count). The number of amides is 2. The average Bonchev–Trinajstić information content (AvgIpc) is 3.22. The van der Waals surface area contributed by atoms with Crippen molar-refractivity contribution >= 4 is 23.4 Å². The van der Waals surface area contributed by atoms with Crippen molar-refractivity contribution in [1.82, 2.24) is 9.80 Å². The Hall–Kier alpha value is -2.33. The highest BCUT2D eigenvalue weighted by Gasteiger charge is 2.49. The van der Waals surface area contributed by atoms with Crippen molar-refractivity contribution in [1.29, 1.82) is 0 Å². The fraction of sp³-hybridized carbons (Fsp3) is 0.391. The summed E-state index contributed by atoms with van der Waals surface area (Å²) in [5.41, 5.74) is 3.98. The first-order chi connectivity index (χ1) is 13.4. The molecular weight excluding hydrogens is 372 g/mol. The predicted molar refractivity (Wildman–Crippen MR) is 110 cm³/mol. The summed E-state index contributed by atoms with van der Waals surface area (Å²) in [6.07, 6.45) is 0. The molecule has 2 aliphatic heterocycles. The zero-order valence-electron chi connectivity index (χ0n) is 16.5. The summed E-state index contributed by atoms with van der Waals surface area (Å²) in [7, 11) is 0. The maximum atomic E-state index is 13.1. The molecule has 2 saturated heterocycles. The molecule has 2 aliphatic rings. The van der Waals surface area contributed by atoms with Crippen molar-refractivity contribution in [2.75, 3.05) is 19.6 Å². The summed E-state index contributed by atoms with van der Waals surface area (Å²) >= 11 is 6.22. The summed E-state index contributed by atoms with van der Waals surface area (Å²) in [5, 5.41) is 0.616. The lowest BCUT2D eigenvalue weighted by Gasteiger charge is -2.30. The molecule has 0 aromatic heterocycles. The Balaban J connectivity index is 1.61. The van der Waals surface area contributed by atoms with Crippen molar-refractivity contribution < 1.29 is 9.59 Å². The van der Waals surface area contributed by atoms with E-state index >= 15 is 0 Å². The normalized spacial score (nSPS) is 23.8. The first-order valence-electron chi connectivity index (χ1n) is 9.75. The minimum atomic E-state index is 0.0224. The van der Waals surface area contributed by atoms with E-state index in [1.807, 2.05) is 41.0 Å². The maximum absolute atomic E-state index is 13.1. The zero-order chi connectivity index (χ0) is 20.0. The van der Waals surface area contributed by atoms with Crippen LogP contribution in [0, 0.1) is 25.7 Å². The molecule has 2 fully saturated rings. The maximum Gasteiger partial charge on any atom is 0.253 e. The number of nitrogens with zero attached hydrogens (tertiary/aromatic N) is 2. The van der Waals surface area contributed by atoms with Gasteiger partial charge in [-0.05, 0) is 42.7 Å². The van der Waals surface area contributed by atoms with Crippen LogP contribution in [0.15, 0.2) is 42.5 Å². The molecule has 0 unspecified atom stereocenters. The number of aryl methyl sites for hydroxylation is 2. The van der Waals surface area contributed by atoms with E-state index in [0.29, 0.717) is 36.1 Å². The zero-order valence-corrected chi connectivity index (χ0v) is 17.2. The van der Waals surface area contributed by atoms with E-state index < -0.39 is 0 Å². The molecule has 2 aromatic carbocycles. The van der Waals surface area contributed by atoms with Crippen molar-refractivity contribution in [3.05, 3.63) is 69.7 Å². The number of carbonyl (C=O) groups is 2. The molecule has 146 valence electrons. The van der Waals surface area contributed by atoms with Gasteiger partial charge in [0.25, 0.3) is 5.91 Å². The SMILES string of the molecule is CC(=O)N1C[C@H]2CN(C(=O)c3ccc(C)c(Cl)c3)C[C@H]2[C@H]1c1ccccc1C. The van der Waals surface area contributed by atoms with E-state index in [-0.39, 0.29) is 23.8 Å². The third kappa shape index (κ3) is 3.20. The van der Waals surface area contributed by atoms with Crippen LogP contribution in [0.1, 0.15) is 40.0 Å². The second-order valence-electron chi connectivity index (χ2n) is 8.07. The highest BCUT2D eigenvalue weighted by molar-refractivity contribution is 6.31. The van der Waals surface area contributed by atoms with Crippen molar-refractivity contribution in [2.24, 2.45) is 11.8 Å². The number of carbonyl (C=O) groups excluding carboxylic acids is 2. The van der Waals surface area contributed by atoms with E-state index in [4.69, 9.17) is 11.6 Å². The van der Waals surface area contributed by atoms with Gasteiger partial charge in [0.1, 0.15) is 0 Å². The van der Waals surface area contributed by atoms with Crippen LogP contribution in [0.2, 0.25) is 5.02 Å². The van der Waals surface area contributed by atoms with Crippen molar-refractivity contribution in [2.45, 2.75) is 26.8 Å². The predicted octanol–water partition coefficient (Wildman–Crippen LogP) is 4.25. The van der Waals surface area contributed by atoms with Crippen LogP contribution in [0.5, 0.6) is 0 Å². The van der Waals surface area contributed by atoms with E-state index in [2.05, 4.69) is 19.1 Å². The highest BCUT2D eigenvalue weighted by Crippen LogP contribution is 2.46. The molecular formula is C23H25ClN2O2. The molecule has 28 heavy (non-hydrogen) atoms. The van der Waals surface area contributed by atoms with Crippen LogP contribution >= 0.6 is 11.6 Å². The number of hydrogen-bond donors (Lipinski definition) is 0. The van der Waals surface area contributed by atoms with E-state index in [0.717, 1.165) is 5.56 Å². The summed E-state index contributed by atoms with van der Waals surface area (Å²) in [6, 6.07) is 13.8. The Morgan fingerprint density at radius 3 is 2.43 bits per heavy atom. The van der Waals surface area contributed by atoms with Gasteiger partial charge in [-0.1, -0.05) is 41.9 Å². The van der Waals surface area contributed by atoms with E-state index in [1.54, 1.807) is 13.0 Å². The largest absolute Gasteiger partial charge is 0.338 e. The monoisotopic (exact) mass is 396 g/mol. The van der Waals surface area contributed by atoms with Gasteiger partial charge in [0.15, 0.2) is 0 Å². The number of likely N-dealkylation sites (tertiary alicyclic amines) is 2. The van der Waals surface area contributed by atoms with Crippen LogP contribution in [0.25, 0.3) is 0 Å². The van der Waals surface area contributed by atoms with E-state index in [9.17, 15) is 9.59 Å². The lowest BCUT2D eigenvalue weighted by Crippen LogP contribution is -2.36. The Bertz CT molecular complexity index is 942. The molecule has 0 spiro atoms. The molecule has 3 atom stereocenters. The van der Waals surface area contributed by atoms with Gasteiger partial charge >= 0.3 is 0 Å². The van der Waals surface area contributed by atoms with Gasteiger partial charge in [-0.15, -0.1) is 0 Å². The summed E-state index contributed by atoms with van der Waals surface area (Å²) in [4.78, 5) is 29.3. The van der Waals surface area contributed by atoms with Crippen LogP contribution < -0.4 is 0 Å². The highest BCUT2D eigenvalue weighted by atomic mass is 35.5. The summed E-state index contributed by atoms with van der Waals surface area (Å²) in [6.45, 7) is 7.72. The van der Waals surface area contributed by atoms with E-state index in [1.165, 1.54) is 11.1 Å². The number of hydrogen-bond acceptors (Lipinski definition) is 2. The van der Waals surface area contributed by atoms with Gasteiger partial charge in [-0.2, -0.15) is 0 Å². The van der Waals surface area contributed by atoms with Crippen LogP contribution in [-0.2, 0) is 4.79 Å². The standard InChI is InChI=1S/C23H25ClN2O2/c1-14-6-4-5-7-19(14)22-20-13-25(11-18(20)12-26(22)16(3)27)23(28)17-9-8-15(2)21(24)10-17/h4-10,18,20,22H,11-13H2,1-3H3/t18-,20-,22-/m1/s1. The molecule has 0 saturated carbocycles. The molecule has 0 bridgehead atoms. The Morgan fingerprint density at radius 1 is 1.00 bits per heavy atom. The molecule has 0 aliphatic carbocycles. The van der Waals surface area contributed by atoms with Crippen molar-refractivity contribution in [3.8, 4) is 0 Å². The summed E-state index contributed by atoms with van der Waals surface area (Å²) in [5.74, 6) is 0.688. The molecule has 0 N–H and O–H groups in total. The Kier molecular flexibility index (Phi) is 4.92. The summed E-state index contributed by atoms with van der Waals surface area (Å²) < 4.78 is 0. The minimum absolute atomic E-state index is 0.0224. The molecule has 2 aromatic rings. The third-order valence-electron chi connectivity index (χ3n) is 6.28.